The summed E-state index contributed by atoms with van der Waals surface area (Å²) in [5, 5.41) is 0. The lowest BCUT2D eigenvalue weighted by Crippen LogP contribution is -2.11. The van der Waals surface area contributed by atoms with E-state index in [1.807, 2.05) is 18.2 Å². The van der Waals surface area contributed by atoms with Gasteiger partial charge in [-0.25, -0.2) is 0 Å². The molecule has 1 rings (SSSR count). The molecule has 0 fully saturated rings. The maximum atomic E-state index is 11.8. The van der Waals surface area contributed by atoms with E-state index in [4.69, 9.17) is 4.18 Å². The highest BCUT2D eigenvalue weighted by Gasteiger charge is 2.10. The van der Waals surface area contributed by atoms with Crippen LogP contribution in [0.3, 0.4) is 0 Å². The van der Waals surface area contributed by atoms with Gasteiger partial charge in [0.1, 0.15) is 0 Å². The molecule has 0 heterocycles. The van der Waals surface area contributed by atoms with Crippen molar-refractivity contribution in [1.82, 2.24) is 0 Å². The standard InChI is InChI=1S/C20H34O3S/c1-2-3-4-5-6-7-8-14-19-24(21,22)23-18-13-12-17-20-15-10-9-11-16-20/h9-11,15-16H,2-8,12-14,17-19H2,1H3. The van der Waals surface area contributed by atoms with Gasteiger partial charge < -0.3 is 0 Å². The van der Waals surface area contributed by atoms with E-state index in [0.29, 0.717) is 6.61 Å². The minimum Gasteiger partial charge on any atom is -0.270 e. The molecule has 0 aliphatic rings. The molecule has 0 unspecified atom stereocenters. The van der Waals surface area contributed by atoms with Crippen LogP contribution in [0.15, 0.2) is 30.3 Å². The van der Waals surface area contributed by atoms with E-state index in [2.05, 4.69) is 19.1 Å². The second-order valence-electron chi connectivity index (χ2n) is 6.50. The molecule has 0 spiro atoms. The summed E-state index contributed by atoms with van der Waals surface area (Å²) in [5.74, 6) is 0.167. The average Bonchev–Trinajstić information content (AvgIpc) is 2.58. The normalized spacial score (nSPS) is 11.7. The Morgan fingerprint density at radius 3 is 2.08 bits per heavy atom. The van der Waals surface area contributed by atoms with E-state index in [-0.39, 0.29) is 5.75 Å². The van der Waals surface area contributed by atoms with Gasteiger partial charge >= 0.3 is 0 Å². The Labute approximate surface area is 148 Å². The Hall–Kier alpha value is -0.870. The molecule has 0 N–H and O–H groups in total. The molecule has 0 aliphatic heterocycles. The molecule has 0 aliphatic carbocycles. The van der Waals surface area contributed by atoms with Crippen LogP contribution in [-0.2, 0) is 20.7 Å². The summed E-state index contributed by atoms with van der Waals surface area (Å²) in [6.45, 7) is 2.53. The highest BCUT2D eigenvalue weighted by molar-refractivity contribution is 7.86. The van der Waals surface area contributed by atoms with E-state index in [9.17, 15) is 8.42 Å². The minimum absolute atomic E-state index is 0.167. The molecule has 4 heteroatoms. The van der Waals surface area contributed by atoms with Crippen molar-refractivity contribution in [2.45, 2.75) is 77.6 Å². The quantitative estimate of drug-likeness (QED) is 0.309. The highest BCUT2D eigenvalue weighted by atomic mass is 32.2. The molecule has 0 saturated heterocycles. The zero-order valence-corrected chi connectivity index (χ0v) is 16.0. The van der Waals surface area contributed by atoms with Gasteiger partial charge in [0.25, 0.3) is 10.1 Å². The molecule has 0 radical (unpaired) electrons. The monoisotopic (exact) mass is 354 g/mol. The predicted octanol–water partition coefficient (Wildman–Crippen LogP) is 5.50. The van der Waals surface area contributed by atoms with Gasteiger partial charge in [-0.05, 0) is 31.2 Å². The Bertz CT molecular complexity index is 497. The van der Waals surface area contributed by atoms with Crippen LogP contribution in [0.1, 0.15) is 76.7 Å². The molecule has 0 aromatic heterocycles. The fourth-order valence-electron chi connectivity index (χ4n) is 2.73. The first kappa shape index (κ1) is 21.2. The van der Waals surface area contributed by atoms with Crippen LogP contribution < -0.4 is 0 Å². The lowest BCUT2D eigenvalue weighted by Gasteiger charge is -2.06. The highest BCUT2D eigenvalue weighted by Crippen LogP contribution is 2.10. The van der Waals surface area contributed by atoms with Gasteiger partial charge in [0, 0.05) is 0 Å². The number of rotatable bonds is 15. The third-order valence-corrected chi connectivity index (χ3v) is 5.53. The first-order valence-electron chi connectivity index (χ1n) is 9.55. The van der Waals surface area contributed by atoms with Crippen LogP contribution in [-0.4, -0.2) is 20.8 Å². The minimum atomic E-state index is -3.33. The smallest absolute Gasteiger partial charge is 0.267 e. The Morgan fingerprint density at radius 2 is 1.42 bits per heavy atom. The van der Waals surface area contributed by atoms with Gasteiger partial charge in [-0.1, -0.05) is 82.2 Å². The first-order chi connectivity index (χ1) is 11.6. The van der Waals surface area contributed by atoms with Gasteiger partial charge in [-0.3, -0.25) is 4.18 Å². The van der Waals surface area contributed by atoms with Gasteiger partial charge in [-0.2, -0.15) is 8.42 Å². The van der Waals surface area contributed by atoms with Gasteiger partial charge in [0.2, 0.25) is 0 Å². The molecule has 3 nitrogen and oxygen atoms in total. The van der Waals surface area contributed by atoms with Crippen molar-refractivity contribution in [1.29, 1.82) is 0 Å². The van der Waals surface area contributed by atoms with Crippen LogP contribution in [0.4, 0.5) is 0 Å². The second-order valence-corrected chi connectivity index (χ2v) is 8.26. The summed E-state index contributed by atoms with van der Waals surface area (Å²) >= 11 is 0. The van der Waals surface area contributed by atoms with Crippen molar-refractivity contribution in [3.05, 3.63) is 35.9 Å². The number of benzene rings is 1. The van der Waals surface area contributed by atoms with Crippen molar-refractivity contribution in [3.8, 4) is 0 Å². The lowest BCUT2D eigenvalue weighted by molar-refractivity contribution is 0.308. The molecular formula is C20H34O3S. The Balaban J connectivity index is 1.97. The van der Waals surface area contributed by atoms with Crippen LogP contribution in [0.2, 0.25) is 0 Å². The van der Waals surface area contributed by atoms with Crippen molar-refractivity contribution in [3.63, 3.8) is 0 Å². The molecule has 138 valence electrons. The van der Waals surface area contributed by atoms with Crippen LogP contribution in [0.25, 0.3) is 0 Å². The molecule has 1 aromatic rings. The van der Waals surface area contributed by atoms with E-state index in [1.54, 1.807) is 0 Å². The number of hydrogen-bond acceptors (Lipinski definition) is 3. The van der Waals surface area contributed by atoms with Gasteiger partial charge in [0.15, 0.2) is 0 Å². The number of unbranched alkanes of at least 4 members (excludes halogenated alkanes) is 8. The average molecular weight is 355 g/mol. The molecule has 24 heavy (non-hydrogen) atoms. The fourth-order valence-corrected chi connectivity index (χ4v) is 3.78. The zero-order chi connectivity index (χ0) is 17.5. The summed E-state index contributed by atoms with van der Waals surface area (Å²) in [6.07, 6.45) is 11.9. The van der Waals surface area contributed by atoms with Crippen molar-refractivity contribution in [2.24, 2.45) is 0 Å². The van der Waals surface area contributed by atoms with Crippen LogP contribution in [0, 0.1) is 0 Å². The Kier molecular flexibility index (Phi) is 11.8. The van der Waals surface area contributed by atoms with Crippen LogP contribution in [0.5, 0.6) is 0 Å². The lowest BCUT2D eigenvalue weighted by atomic mass is 10.1. The third kappa shape index (κ3) is 11.6. The summed E-state index contributed by atoms with van der Waals surface area (Å²) in [7, 11) is -3.33. The summed E-state index contributed by atoms with van der Waals surface area (Å²) in [6, 6.07) is 10.3. The maximum absolute atomic E-state index is 11.8. The molecule has 0 saturated carbocycles. The van der Waals surface area contributed by atoms with Crippen molar-refractivity contribution in [2.75, 3.05) is 12.4 Å². The molecule has 0 atom stereocenters. The van der Waals surface area contributed by atoms with Gasteiger partial charge in [-0.15, -0.1) is 0 Å². The molecule has 0 amide bonds. The number of aryl methyl sites for hydroxylation is 1. The van der Waals surface area contributed by atoms with E-state index in [0.717, 1.165) is 38.5 Å². The van der Waals surface area contributed by atoms with E-state index < -0.39 is 10.1 Å². The molecular weight excluding hydrogens is 320 g/mol. The van der Waals surface area contributed by atoms with E-state index in [1.165, 1.54) is 37.7 Å². The predicted molar refractivity (Wildman–Crippen MR) is 102 cm³/mol. The van der Waals surface area contributed by atoms with Gasteiger partial charge in [0.05, 0.1) is 12.4 Å². The second kappa shape index (κ2) is 13.4. The van der Waals surface area contributed by atoms with Crippen LogP contribution >= 0.6 is 0 Å². The van der Waals surface area contributed by atoms with Crippen molar-refractivity contribution < 1.29 is 12.6 Å². The van der Waals surface area contributed by atoms with Crippen molar-refractivity contribution >= 4 is 10.1 Å². The molecule has 1 aromatic carbocycles. The summed E-state index contributed by atoms with van der Waals surface area (Å²) in [5.41, 5.74) is 1.29. The maximum Gasteiger partial charge on any atom is 0.267 e. The SMILES string of the molecule is CCCCCCCCCCS(=O)(=O)OCCCCc1ccccc1. The summed E-state index contributed by atoms with van der Waals surface area (Å²) < 4.78 is 28.7. The first-order valence-corrected chi connectivity index (χ1v) is 11.1. The largest absolute Gasteiger partial charge is 0.270 e. The zero-order valence-electron chi connectivity index (χ0n) is 15.2. The Morgan fingerprint density at radius 1 is 0.792 bits per heavy atom. The third-order valence-electron chi connectivity index (χ3n) is 4.21. The topological polar surface area (TPSA) is 43.4 Å². The molecule has 0 bridgehead atoms. The summed E-state index contributed by atoms with van der Waals surface area (Å²) in [4.78, 5) is 0. The van der Waals surface area contributed by atoms with E-state index >= 15 is 0 Å². The fraction of sp³-hybridized carbons (Fsp3) is 0.700. The number of hydrogen-bond donors (Lipinski definition) is 0.